The fourth-order valence-corrected chi connectivity index (χ4v) is 2.71. The highest BCUT2D eigenvalue weighted by molar-refractivity contribution is 7.22. The van der Waals surface area contributed by atoms with E-state index < -0.39 is 0 Å². The van der Waals surface area contributed by atoms with Crippen molar-refractivity contribution in [3.63, 3.8) is 0 Å². The molecule has 0 aliphatic rings. The minimum atomic E-state index is 0.199. The highest BCUT2D eigenvalue weighted by atomic mass is 32.1. The van der Waals surface area contributed by atoms with E-state index in [9.17, 15) is 0 Å². The number of benzene rings is 1. The van der Waals surface area contributed by atoms with Crippen LogP contribution in [0.1, 0.15) is 12.0 Å². The zero-order valence-corrected chi connectivity index (χ0v) is 11.4. The smallest absolute Gasteiger partial charge is 0.183 e. The van der Waals surface area contributed by atoms with Crippen LogP contribution in [0.15, 0.2) is 18.2 Å². The summed E-state index contributed by atoms with van der Waals surface area (Å²) < 4.78 is 1.23. The summed E-state index contributed by atoms with van der Waals surface area (Å²) in [5, 5.41) is 16.1. The van der Waals surface area contributed by atoms with Crippen LogP contribution >= 0.6 is 11.3 Å². The van der Waals surface area contributed by atoms with Gasteiger partial charge in [-0.05, 0) is 37.6 Å². The predicted octanol–water partition coefficient (Wildman–Crippen LogP) is 1.99. The first kappa shape index (κ1) is 13.3. The fraction of sp³-hybridized carbons (Fsp3) is 0.462. The Hall–Kier alpha value is -1.17. The standard InChI is InChI=1S/C13H19N3OS/c1-10-3-4-11-12(9-10)18-13(16-11)15-6-2-5-14-7-8-17/h3-4,9,14,17H,2,5-8H2,1H3,(H,15,16). The average Bonchev–Trinajstić information content (AvgIpc) is 2.75. The third kappa shape index (κ3) is 3.66. The number of aromatic nitrogens is 1. The SMILES string of the molecule is Cc1ccc2nc(NCCCNCCO)sc2c1. The molecule has 0 aliphatic carbocycles. The molecule has 0 amide bonds. The zero-order chi connectivity index (χ0) is 12.8. The molecule has 98 valence electrons. The van der Waals surface area contributed by atoms with E-state index in [1.807, 2.05) is 0 Å². The molecule has 4 nitrogen and oxygen atoms in total. The molecule has 3 N–H and O–H groups in total. The van der Waals surface area contributed by atoms with Gasteiger partial charge >= 0.3 is 0 Å². The van der Waals surface area contributed by atoms with Crippen molar-refractivity contribution in [3.05, 3.63) is 23.8 Å². The van der Waals surface area contributed by atoms with E-state index in [-0.39, 0.29) is 6.61 Å². The molecule has 2 rings (SSSR count). The number of hydrogen-bond donors (Lipinski definition) is 3. The molecule has 2 aromatic rings. The van der Waals surface area contributed by atoms with Gasteiger partial charge in [-0.15, -0.1) is 0 Å². The van der Waals surface area contributed by atoms with Crippen molar-refractivity contribution < 1.29 is 5.11 Å². The van der Waals surface area contributed by atoms with Gasteiger partial charge in [0.25, 0.3) is 0 Å². The molecule has 0 bridgehead atoms. The summed E-state index contributed by atoms with van der Waals surface area (Å²) in [4.78, 5) is 4.53. The first-order valence-electron chi connectivity index (χ1n) is 6.22. The Morgan fingerprint density at radius 2 is 2.17 bits per heavy atom. The maximum atomic E-state index is 8.62. The van der Waals surface area contributed by atoms with Crippen LogP contribution in [0.2, 0.25) is 0 Å². The molecule has 0 spiro atoms. The predicted molar refractivity (Wildman–Crippen MR) is 77.4 cm³/mol. The van der Waals surface area contributed by atoms with Crippen LogP contribution in [0, 0.1) is 6.92 Å². The Morgan fingerprint density at radius 1 is 1.28 bits per heavy atom. The summed E-state index contributed by atoms with van der Waals surface area (Å²) in [6.45, 7) is 4.78. The molecule has 0 radical (unpaired) electrons. The molecule has 1 aromatic heterocycles. The number of aliphatic hydroxyl groups excluding tert-OH is 1. The van der Waals surface area contributed by atoms with Gasteiger partial charge in [-0.3, -0.25) is 0 Å². The fourth-order valence-electron chi connectivity index (χ4n) is 1.72. The van der Waals surface area contributed by atoms with E-state index in [2.05, 4.69) is 40.7 Å². The molecular weight excluding hydrogens is 246 g/mol. The van der Waals surface area contributed by atoms with Gasteiger partial charge in [0.1, 0.15) is 0 Å². The molecule has 0 aliphatic heterocycles. The molecule has 0 atom stereocenters. The normalized spacial score (nSPS) is 11.0. The molecule has 0 unspecified atom stereocenters. The van der Waals surface area contributed by atoms with Crippen LogP contribution in [0.5, 0.6) is 0 Å². The highest BCUT2D eigenvalue weighted by Gasteiger charge is 2.02. The second kappa shape index (κ2) is 6.68. The van der Waals surface area contributed by atoms with Gasteiger partial charge in [-0.1, -0.05) is 17.4 Å². The summed E-state index contributed by atoms with van der Waals surface area (Å²) >= 11 is 1.70. The highest BCUT2D eigenvalue weighted by Crippen LogP contribution is 2.26. The van der Waals surface area contributed by atoms with E-state index >= 15 is 0 Å². The number of fused-ring (bicyclic) bond motifs is 1. The number of anilines is 1. The van der Waals surface area contributed by atoms with Crippen LogP contribution in [0.4, 0.5) is 5.13 Å². The molecule has 18 heavy (non-hydrogen) atoms. The topological polar surface area (TPSA) is 57.2 Å². The third-order valence-corrected chi connectivity index (χ3v) is 3.61. The Kier molecular flexibility index (Phi) is 4.92. The summed E-state index contributed by atoms with van der Waals surface area (Å²) in [7, 11) is 0. The van der Waals surface area contributed by atoms with Crippen LogP contribution in [0.3, 0.4) is 0 Å². The van der Waals surface area contributed by atoms with E-state index in [4.69, 9.17) is 5.11 Å². The van der Waals surface area contributed by atoms with Crippen LogP contribution in [0.25, 0.3) is 10.2 Å². The molecule has 0 saturated carbocycles. The lowest BCUT2D eigenvalue weighted by atomic mass is 10.2. The lowest BCUT2D eigenvalue weighted by Gasteiger charge is -2.03. The second-order valence-corrected chi connectivity index (χ2v) is 5.27. The van der Waals surface area contributed by atoms with Crippen molar-refractivity contribution in [2.45, 2.75) is 13.3 Å². The van der Waals surface area contributed by atoms with Crippen molar-refractivity contribution in [2.24, 2.45) is 0 Å². The van der Waals surface area contributed by atoms with E-state index in [1.54, 1.807) is 11.3 Å². The number of nitrogens with one attached hydrogen (secondary N) is 2. The summed E-state index contributed by atoms with van der Waals surface area (Å²) in [5.74, 6) is 0. The van der Waals surface area contributed by atoms with Crippen LogP contribution < -0.4 is 10.6 Å². The maximum absolute atomic E-state index is 8.62. The van der Waals surface area contributed by atoms with Crippen LogP contribution in [-0.4, -0.2) is 36.3 Å². The lowest BCUT2D eigenvalue weighted by Crippen LogP contribution is -2.21. The minimum Gasteiger partial charge on any atom is -0.395 e. The Bertz CT molecular complexity index is 498. The average molecular weight is 265 g/mol. The van der Waals surface area contributed by atoms with Gasteiger partial charge in [0.2, 0.25) is 0 Å². The van der Waals surface area contributed by atoms with Crippen molar-refractivity contribution >= 4 is 26.7 Å². The third-order valence-electron chi connectivity index (χ3n) is 2.64. The molecule has 5 heteroatoms. The summed E-state index contributed by atoms with van der Waals surface area (Å²) in [6, 6.07) is 6.32. The molecule has 1 aromatic carbocycles. The number of aliphatic hydroxyl groups is 1. The van der Waals surface area contributed by atoms with Crippen LogP contribution in [-0.2, 0) is 0 Å². The van der Waals surface area contributed by atoms with Gasteiger partial charge in [0.15, 0.2) is 5.13 Å². The zero-order valence-electron chi connectivity index (χ0n) is 10.6. The first-order chi connectivity index (χ1) is 8.79. The van der Waals surface area contributed by atoms with E-state index in [1.165, 1.54) is 10.3 Å². The second-order valence-electron chi connectivity index (χ2n) is 4.24. The van der Waals surface area contributed by atoms with Gasteiger partial charge in [0, 0.05) is 13.1 Å². The molecule has 1 heterocycles. The number of thiazole rings is 1. The van der Waals surface area contributed by atoms with Gasteiger partial charge in [0.05, 0.1) is 16.8 Å². The maximum Gasteiger partial charge on any atom is 0.183 e. The Balaban J connectivity index is 1.81. The lowest BCUT2D eigenvalue weighted by molar-refractivity contribution is 0.292. The largest absolute Gasteiger partial charge is 0.395 e. The quantitative estimate of drug-likeness (QED) is 0.670. The van der Waals surface area contributed by atoms with Crippen molar-refractivity contribution in [1.82, 2.24) is 10.3 Å². The number of hydrogen-bond acceptors (Lipinski definition) is 5. The summed E-state index contributed by atoms with van der Waals surface area (Å²) in [5.41, 5.74) is 2.33. The molecule has 0 saturated heterocycles. The van der Waals surface area contributed by atoms with Crippen molar-refractivity contribution in [3.8, 4) is 0 Å². The van der Waals surface area contributed by atoms with Gasteiger partial charge in [-0.25, -0.2) is 4.98 Å². The molecule has 0 fully saturated rings. The van der Waals surface area contributed by atoms with E-state index in [0.717, 1.165) is 30.2 Å². The Labute approximate surface area is 111 Å². The van der Waals surface area contributed by atoms with Gasteiger partial charge in [-0.2, -0.15) is 0 Å². The number of nitrogens with zero attached hydrogens (tertiary/aromatic N) is 1. The molecular formula is C13H19N3OS. The summed E-state index contributed by atoms with van der Waals surface area (Å²) in [6.07, 6.45) is 1.02. The van der Waals surface area contributed by atoms with Gasteiger partial charge < -0.3 is 15.7 Å². The minimum absolute atomic E-state index is 0.199. The Morgan fingerprint density at radius 3 is 3.00 bits per heavy atom. The van der Waals surface area contributed by atoms with Crippen molar-refractivity contribution in [1.29, 1.82) is 0 Å². The number of aryl methyl sites for hydroxylation is 1. The van der Waals surface area contributed by atoms with E-state index in [0.29, 0.717) is 6.54 Å². The number of rotatable bonds is 7. The van der Waals surface area contributed by atoms with Crippen molar-refractivity contribution in [2.75, 3.05) is 31.6 Å². The monoisotopic (exact) mass is 265 g/mol. The first-order valence-corrected chi connectivity index (χ1v) is 7.04.